The fourth-order valence-corrected chi connectivity index (χ4v) is 2.75. The Morgan fingerprint density at radius 1 is 1.29 bits per heavy atom. The first-order valence-corrected chi connectivity index (χ1v) is 6.16. The van der Waals surface area contributed by atoms with Gasteiger partial charge in [0, 0.05) is 6.54 Å². The van der Waals surface area contributed by atoms with Gasteiger partial charge in [-0.3, -0.25) is 9.59 Å². The lowest BCUT2D eigenvalue weighted by atomic mass is 9.78. The molecule has 2 N–H and O–H groups in total. The number of hydrogen-bond donors (Lipinski definition) is 2. The molecule has 2 saturated heterocycles. The molecule has 0 radical (unpaired) electrons. The van der Waals surface area contributed by atoms with E-state index < -0.39 is 17.8 Å². The van der Waals surface area contributed by atoms with Crippen LogP contribution in [0.1, 0.15) is 26.7 Å². The summed E-state index contributed by atoms with van der Waals surface area (Å²) in [7, 11) is 0. The first kappa shape index (κ1) is 12.4. The zero-order chi connectivity index (χ0) is 12.6. The van der Waals surface area contributed by atoms with Crippen LogP contribution in [-0.2, 0) is 14.3 Å². The number of nitrogens with one attached hydrogen (secondary N) is 1. The summed E-state index contributed by atoms with van der Waals surface area (Å²) >= 11 is 0. The molecule has 0 aliphatic carbocycles. The fourth-order valence-electron chi connectivity index (χ4n) is 2.75. The summed E-state index contributed by atoms with van der Waals surface area (Å²) in [5, 5.41) is 12.0. The van der Waals surface area contributed by atoms with E-state index in [-0.39, 0.29) is 18.1 Å². The van der Waals surface area contributed by atoms with Crippen molar-refractivity contribution >= 4 is 11.9 Å². The zero-order valence-electron chi connectivity index (χ0n) is 10.2. The number of carbonyl (C=O) groups excluding carboxylic acids is 1. The van der Waals surface area contributed by atoms with Crippen LogP contribution in [0.3, 0.4) is 0 Å². The van der Waals surface area contributed by atoms with Gasteiger partial charge in [-0.1, -0.05) is 13.8 Å². The van der Waals surface area contributed by atoms with Gasteiger partial charge in [0.1, 0.15) is 0 Å². The molecule has 4 atom stereocenters. The molecule has 1 amide bonds. The highest BCUT2D eigenvalue weighted by atomic mass is 16.5. The summed E-state index contributed by atoms with van der Waals surface area (Å²) in [6, 6.07) is 0. The van der Waals surface area contributed by atoms with E-state index in [9.17, 15) is 14.7 Å². The molecule has 0 aromatic carbocycles. The van der Waals surface area contributed by atoms with Crippen LogP contribution in [0, 0.1) is 17.8 Å². The van der Waals surface area contributed by atoms with Crippen molar-refractivity contribution in [2.75, 3.05) is 6.54 Å². The van der Waals surface area contributed by atoms with E-state index in [0.717, 1.165) is 12.8 Å². The average molecular weight is 241 g/mol. The fraction of sp³-hybridized carbons (Fsp3) is 0.833. The number of carboxylic acid groups (broad SMARTS) is 1. The van der Waals surface area contributed by atoms with E-state index in [2.05, 4.69) is 5.32 Å². The maximum absolute atomic E-state index is 12.0. The van der Waals surface area contributed by atoms with Gasteiger partial charge in [-0.05, 0) is 18.8 Å². The standard InChI is InChI=1S/C12H19NO4/c1-6(2)5-13-11(14)9-7-3-4-8(17-7)10(9)12(15)16/h6-10H,3-5H2,1-2H3,(H,13,14)(H,15,16)/t7-,8+,9+,10+/m1/s1. The smallest absolute Gasteiger partial charge is 0.310 e. The molecule has 17 heavy (non-hydrogen) atoms. The molecule has 0 aromatic rings. The number of ether oxygens (including phenoxy) is 1. The van der Waals surface area contributed by atoms with Crippen LogP contribution in [0.15, 0.2) is 0 Å². The Balaban J connectivity index is 2.03. The van der Waals surface area contributed by atoms with Crippen LogP contribution in [0.25, 0.3) is 0 Å². The predicted octanol–water partition coefficient (Wildman–Crippen LogP) is 0.637. The second-order valence-electron chi connectivity index (χ2n) is 5.32. The molecular weight excluding hydrogens is 222 g/mol. The van der Waals surface area contributed by atoms with Gasteiger partial charge in [0.2, 0.25) is 5.91 Å². The zero-order valence-corrected chi connectivity index (χ0v) is 10.2. The molecule has 2 heterocycles. The summed E-state index contributed by atoms with van der Waals surface area (Å²) in [6.45, 7) is 4.59. The highest BCUT2D eigenvalue weighted by Crippen LogP contribution is 2.43. The van der Waals surface area contributed by atoms with Crippen molar-refractivity contribution in [2.24, 2.45) is 17.8 Å². The monoisotopic (exact) mass is 241 g/mol. The molecule has 2 aliphatic heterocycles. The minimum absolute atomic E-state index is 0.168. The lowest BCUT2D eigenvalue weighted by Gasteiger charge is -2.24. The van der Waals surface area contributed by atoms with Crippen molar-refractivity contribution in [3.05, 3.63) is 0 Å². The van der Waals surface area contributed by atoms with Gasteiger partial charge in [-0.2, -0.15) is 0 Å². The van der Waals surface area contributed by atoms with Gasteiger partial charge in [-0.15, -0.1) is 0 Å². The SMILES string of the molecule is CC(C)CNC(=O)[C@@H]1[C@@H](C(=O)O)[C@@H]2CC[C@H]1O2. The summed E-state index contributed by atoms with van der Waals surface area (Å²) < 4.78 is 5.55. The molecule has 2 fully saturated rings. The minimum Gasteiger partial charge on any atom is -0.481 e. The number of aliphatic carboxylic acids is 1. The van der Waals surface area contributed by atoms with E-state index in [4.69, 9.17) is 4.74 Å². The molecule has 0 aromatic heterocycles. The molecule has 96 valence electrons. The van der Waals surface area contributed by atoms with Gasteiger partial charge in [0.05, 0.1) is 24.0 Å². The van der Waals surface area contributed by atoms with Gasteiger partial charge >= 0.3 is 5.97 Å². The Morgan fingerprint density at radius 2 is 1.88 bits per heavy atom. The number of hydrogen-bond acceptors (Lipinski definition) is 3. The average Bonchev–Trinajstić information content (AvgIpc) is 2.84. The van der Waals surface area contributed by atoms with Crippen molar-refractivity contribution in [1.29, 1.82) is 0 Å². The Hall–Kier alpha value is -1.10. The van der Waals surface area contributed by atoms with Crippen molar-refractivity contribution in [2.45, 2.75) is 38.9 Å². The Bertz CT molecular complexity index is 328. The van der Waals surface area contributed by atoms with Crippen LogP contribution in [0.4, 0.5) is 0 Å². The summed E-state index contributed by atoms with van der Waals surface area (Å²) in [4.78, 5) is 23.2. The first-order valence-electron chi connectivity index (χ1n) is 6.16. The van der Waals surface area contributed by atoms with Crippen LogP contribution in [-0.4, -0.2) is 35.7 Å². The number of amides is 1. The van der Waals surface area contributed by atoms with Crippen LogP contribution in [0.5, 0.6) is 0 Å². The normalized spacial score (nSPS) is 35.2. The van der Waals surface area contributed by atoms with Gasteiger partial charge < -0.3 is 15.2 Å². The topological polar surface area (TPSA) is 75.6 Å². The van der Waals surface area contributed by atoms with E-state index in [1.165, 1.54) is 0 Å². The van der Waals surface area contributed by atoms with E-state index in [0.29, 0.717) is 12.5 Å². The van der Waals surface area contributed by atoms with Crippen molar-refractivity contribution in [3.8, 4) is 0 Å². The van der Waals surface area contributed by atoms with Crippen molar-refractivity contribution in [1.82, 2.24) is 5.32 Å². The third-order valence-electron chi connectivity index (χ3n) is 3.55. The minimum atomic E-state index is -0.915. The number of fused-ring (bicyclic) bond motifs is 2. The van der Waals surface area contributed by atoms with E-state index >= 15 is 0 Å². The maximum atomic E-state index is 12.0. The molecule has 5 nitrogen and oxygen atoms in total. The summed E-state index contributed by atoms with van der Waals surface area (Å²) in [6.07, 6.45) is 1.09. The van der Waals surface area contributed by atoms with Crippen LogP contribution >= 0.6 is 0 Å². The van der Waals surface area contributed by atoms with Crippen molar-refractivity contribution in [3.63, 3.8) is 0 Å². The molecule has 2 bridgehead atoms. The highest BCUT2D eigenvalue weighted by Gasteiger charge is 2.55. The lowest BCUT2D eigenvalue weighted by Crippen LogP contribution is -2.44. The predicted molar refractivity (Wildman–Crippen MR) is 60.4 cm³/mol. The van der Waals surface area contributed by atoms with Crippen LogP contribution in [0.2, 0.25) is 0 Å². The number of carboxylic acids is 1. The molecular formula is C12H19NO4. The Labute approximate surface area is 101 Å². The van der Waals surface area contributed by atoms with Gasteiger partial charge in [-0.25, -0.2) is 0 Å². The molecule has 5 heteroatoms. The Morgan fingerprint density at radius 3 is 2.41 bits per heavy atom. The largest absolute Gasteiger partial charge is 0.481 e. The van der Waals surface area contributed by atoms with Crippen LogP contribution < -0.4 is 5.32 Å². The quantitative estimate of drug-likeness (QED) is 0.757. The third-order valence-corrected chi connectivity index (χ3v) is 3.55. The summed E-state index contributed by atoms with van der Waals surface area (Å²) in [5.41, 5.74) is 0. The second kappa shape index (κ2) is 4.64. The molecule has 2 aliphatic rings. The van der Waals surface area contributed by atoms with Gasteiger partial charge in [0.25, 0.3) is 0 Å². The first-order chi connectivity index (χ1) is 8.00. The second-order valence-corrected chi connectivity index (χ2v) is 5.32. The van der Waals surface area contributed by atoms with E-state index in [1.54, 1.807) is 0 Å². The summed E-state index contributed by atoms with van der Waals surface area (Å²) in [5.74, 6) is -1.90. The van der Waals surface area contributed by atoms with Gasteiger partial charge in [0.15, 0.2) is 0 Å². The molecule has 2 rings (SSSR count). The molecule has 0 unspecified atom stereocenters. The third kappa shape index (κ3) is 2.29. The maximum Gasteiger partial charge on any atom is 0.310 e. The number of rotatable bonds is 4. The highest BCUT2D eigenvalue weighted by molar-refractivity contribution is 5.86. The van der Waals surface area contributed by atoms with E-state index in [1.807, 2.05) is 13.8 Å². The Kier molecular flexibility index (Phi) is 3.38. The number of carbonyl (C=O) groups is 2. The molecule has 0 spiro atoms. The lowest BCUT2D eigenvalue weighted by molar-refractivity contribution is -0.147. The van der Waals surface area contributed by atoms with Crippen molar-refractivity contribution < 1.29 is 19.4 Å². The molecule has 0 saturated carbocycles.